The smallest absolute Gasteiger partial charge is 0.243 e. The Morgan fingerprint density at radius 2 is 1.66 bits per heavy atom. The summed E-state index contributed by atoms with van der Waals surface area (Å²) in [5.41, 5.74) is 1.82. The number of rotatable bonds is 7. The predicted molar refractivity (Wildman–Crippen MR) is 127 cm³/mol. The van der Waals surface area contributed by atoms with E-state index in [1.54, 1.807) is 10.4 Å². The van der Waals surface area contributed by atoms with E-state index in [0.717, 1.165) is 27.6 Å². The van der Waals surface area contributed by atoms with Gasteiger partial charge in [-0.05, 0) is 48.4 Å². The number of hydrogen-bond acceptors (Lipinski definition) is 5. The van der Waals surface area contributed by atoms with Crippen LogP contribution in [0.15, 0.2) is 65.6 Å². The maximum absolute atomic E-state index is 13.0. The normalized spacial score (nSPS) is 16.8. The van der Waals surface area contributed by atoms with Crippen LogP contribution in [0, 0.1) is 13.8 Å². The lowest BCUT2D eigenvalue weighted by molar-refractivity contribution is 0.0569. The molecular weight excluding hydrogens is 424 g/mol. The van der Waals surface area contributed by atoms with Gasteiger partial charge in [0.05, 0.1) is 4.90 Å². The first-order chi connectivity index (χ1) is 15.3. The minimum atomic E-state index is -3.51. The number of aliphatic hydroxyl groups excluding tert-OH is 1. The average Bonchev–Trinajstić information content (AvgIpc) is 2.77. The number of aliphatic hydroxyl groups is 1. The molecule has 1 saturated heterocycles. The maximum Gasteiger partial charge on any atom is 0.243 e. The predicted octanol–water partition coefficient (Wildman–Crippen LogP) is 3.20. The van der Waals surface area contributed by atoms with Gasteiger partial charge in [-0.25, -0.2) is 8.42 Å². The molecule has 3 aromatic rings. The maximum atomic E-state index is 13.0. The van der Waals surface area contributed by atoms with Crippen molar-refractivity contribution < 1.29 is 18.3 Å². The van der Waals surface area contributed by atoms with E-state index in [1.165, 1.54) is 0 Å². The van der Waals surface area contributed by atoms with Gasteiger partial charge < -0.3 is 9.84 Å². The summed E-state index contributed by atoms with van der Waals surface area (Å²) in [6.07, 6.45) is -0.649. The summed E-state index contributed by atoms with van der Waals surface area (Å²) in [6, 6.07) is 19.4. The molecule has 0 amide bonds. The number of β-amino-alcohol motifs (C(OH)–C–C–N with tert-alkyl or cyclic N) is 1. The fraction of sp³-hybridized carbons (Fsp3) is 0.360. The molecular formula is C25H30N2O4S. The number of piperazine rings is 1. The third-order valence-electron chi connectivity index (χ3n) is 5.91. The van der Waals surface area contributed by atoms with Crippen LogP contribution in [0.1, 0.15) is 11.1 Å². The summed E-state index contributed by atoms with van der Waals surface area (Å²) in [6.45, 7) is 6.42. The van der Waals surface area contributed by atoms with Crippen LogP contribution < -0.4 is 4.74 Å². The van der Waals surface area contributed by atoms with Crippen molar-refractivity contribution >= 4 is 20.8 Å². The minimum Gasteiger partial charge on any atom is -0.491 e. The molecule has 6 nitrogen and oxygen atoms in total. The second-order valence-corrected chi connectivity index (χ2v) is 10.4. The van der Waals surface area contributed by atoms with Crippen molar-refractivity contribution in [2.45, 2.75) is 24.8 Å². The van der Waals surface area contributed by atoms with Crippen LogP contribution in [0.4, 0.5) is 0 Å². The first-order valence-electron chi connectivity index (χ1n) is 10.9. The number of sulfonamides is 1. The molecule has 0 spiro atoms. The lowest BCUT2D eigenvalue weighted by Crippen LogP contribution is -2.50. The average molecular weight is 455 g/mol. The van der Waals surface area contributed by atoms with Gasteiger partial charge in [-0.2, -0.15) is 4.31 Å². The van der Waals surface area contributed by atoms with E-state index in [0.29, 0.717) is 37.6 Å². The van der Waals surface area contributed by atoms with Crippen molar-refractivity contribution in [1.29, 1.82) is 0 Å². The molecule has 1 atom stereocenters. The fourth-order valence-corrected chi connectivity index (χ4v) is 5.81. The van der Waals surface area contributed by atoms with Gasteiger partial charge >= 0.3 is 0 Å². The van der Waals surface area contributed by atoms with Crippen LogP contribution in [-0.4, -0.2) is 68.2 Å². The van der Waals surface area contributed by atoms with Crippen LogP contribution in [0.3, 0.4) is 0 Å². The zero-order chi connectivity index (χ0) is 22.7. The van der Waals surface area contributed by atoms with Gasteiger partial charge in [0.1, 0.15) is 18.5 Å². The second-order valence-electron chi connectivity index (χ2n) is 8.45. The number of hydrogen-bond donors (Lipinski definition) is 1. The molecule has 1 aliphatic rings. The van der Waals surface area contributed by atoms with Gasteiger partial charge in [0, 0.05) is 32.7 Å². The number of benzene rings is 3. The summed E-state index contributed by atoms with van der Waals surface area (Å²) in [4.78, 5) is 2.46. The van der Waals surface area contributed by atoms with Crippen molar-refractivity contribution in [1.82, 2.24) is 9.21 Å². The molecule has 1 aliphatic heterocycles. The Morgan fingerprint density at radius 3 is 2.38 bits per heavy atom. The molecule has 0 aliphatic carbocycles. The highest BCUT2D eigenvalue weighted by Crippen LogP contribution is 2.23. The molecule has 4 rings (SSSR count). The highest BCUT2D eigenvalue weighted by atomic mass is 32.2. The SMILES string of the molecule is Cc1ccc(S(=O)(=O)N2CCN(CC(O)COc3ccc4ccccc4c3)CC2)c(C)c1. The lowest BCUT2D eigenvalue weighted by atomic mass is 10.1. The topological polar surface area (TPSA) is 70.1 Å². The van der Waals surface area contributed by atoms with Crippen LogP contribution in [0.5, 0.6) is 5.75 Å². The zero-order valence-electron chi connectivity index (χ0n) is 18.6. The summed E-state index contributed by atoms with van der Waals surface area (Å²) in [5, 5.41) is 12.7. The molecule has 1 fully saturated rings. The summed E-state index contributed by atoms with van der Waals surface area (Å²) in [7, 11) is -3.51. The van der Waals surface area contributed by atoms with E-state index in [2.05, 4.69) is 4.90 Å². The van der Waals surface area contributed by atoms with E-state index in [4.69, 9.17) is 4.74 Å². The van der Waals surface area contributed by atoms with Crippen molar-refractivity contribution in [2.75, 3.05) is 39.3 Å². The van der Waals surface area contributed by atoms with Crippen molar-refractivity contribution in [3.05, 3.63) is 71.8 Å². The number of ether oxygens (including phenoxy) is 1. The highest BCUT2D eigenvalue weighted by Gasteiger charge is 2.30. The van der Waals surface area contributed by atoms with E-state index < -0.39 is 16.1 Å². The largest absolute Gasteiger partial charge is 0.491 e. The van der Waals surface area contributed by atoms with E-state index in [-0.39, 0.29) is 6.61 Å². The lowest BCUT2D eigenvalue weighted by Gasteiger charge is -2.35. The van der Waals surface area contributed by atoms with E-state index in [1.807, 2.05) is 68.4 Å². The molecule has 1 unspecified atom stereocenters. The van der Waals surface area contributed by atoms with E-state index >= 15 is 0 Å². The third-order valence-corrected chi connectivity index (χ3v) is 7.97. The Morgan fingerprint density at radius 1 is 0.938 bits per heavy atom. The first kappa shape index (κ1) is 22.7. The van der Waals surface area contributed by atoms with Crippen LogP contribution >= 0.6 is 0 Å². The monoisotopic (exact) mass is 454 g/mol. The standard InChI is InChI=1S/C25H30N2O4S/c1-19-7-10-25(20(2)15-19)32(29,30)27-13-11-26(12-14-27)17-23(28)18-31-24-9-8-21-5-3-4-6-22(21)16-24/h3-10,15-16,23,28H,11-14,17-18H2,1-2H3. The van der Waals surface area contributed by atoms with Crippen LogP contribution in [0.25, 0.3) is 10.8 Å². The van der Waals surface area contributed by atoms with Crippen molar-refractivity contribution in [3.8, 4) is 5.75 Å². The van der Waals surface area contributed by atoms with Crippen molar-refractivity contribution in [3.63, 3.8) is 0 Å². The molecule has 0 aromatic heterocycles. The molecule has 32 heavy (non-hydrogen) atoms. The second kappa shape index (κ2) is 9.58. The number of fused-ring (bicyclic) bond motifs is 1. The number of nitrogens with zero attached hydrogens (tertiary/aromatic N) is 2. The Kier molecular flexibility index (Phi) is 6.81. The molecule has 170 valence electrons. The summed E-state index contributed by atoms with van der Waals surface area (Å²) < 4.78 is 33.4. The number of aryl methyl sites for hydroxylation is 2. The molecule has 1 N–H and O–H groups in total. The first-order valence-corrected chi connectivity index (χ1v) is 12.4. The molecule has 3 aromatic carbocycles. The zero-order valence-corrected chi connectivity index (χ0v) is 19.4. The Hall–Kier alpha value is -2.45. The molecule has 1 heterocycles. The third kappa shape index (κ3) is 5.13. The van der Waals surface area contributed by atoms with E-state index in [9.17, 15) is 13.5 Å². The van der Waals surface area contributed by atoms with Gasteiger partial charge in [-0.15, -0.1) is 0 Å². The van der Waals surface area contributed by atoms with Crippen LogP contribution in [-0.2, 0) is 10.0 Å². The minimum absolute atomic E-state index is 0.194. The van der Waals surface area contributed by atoms with Gasteiger partial charge in [-0.3, -0.25) is 4.90 Å². The molecule has 7 heteroatoms. The highest BCUT2D eigenvalue weighted by molar-refractivity contribution is 7.89. The van der Waals surface area contributed by atoms with Crippen LogP contribution in [0.2, 0.25) is 0 Å². The quantitative estimate of drug-likeness (QED) is 0.594. The Balaban J connectivity index is 1.28. The van der Waals surface area contributed by atoms with Gasteiger partial charge in [-0.1, -0.05) is 48.0 Å². The molecule has 0 saturated carbocycles. The summed E-state index contributed by atoms with van der Waals surface area (Å²) >= 11 is 0. The Labute approximate surface area is 190 Å². The molecule has 0 bridgehead atoms. The van der Waals surface area contributed by atoms with Gasteiger partial charge in [0.15, 0.2) is 0 Å². The Bertz CT molecular complexity index is 1190. The fourth-order valence-electron chi connectivity index (χ4n) is 4.18. The molecule has 0 radical (unpaired) electrons. The van der Waals surface area contributed by atoms with Gasteiger partial charge in [0.2, 0.25) is 10.0 Å². The van der Waals surface area contributed by atoms with Crippen molar-refractivity contribution in [2.24, 2.45) is 0 Å². The summed E-state index contributed by atoms with van der Waals surface area (Å²) in [5.74, 6) is 0.729. The van der Waals surface area contributed by atoms with Gasteiger partial charge in [0.25, 0.3) is 0 Å².